The molecule has 0 aliphatic carbocycles. The van der Waals surface area contributed by atoms with Gasteiger partial charge in [0.05, 0.1) is 5.41 Å². The molecule has 0 saturated heterocycles. The minimum atomic E-state index is -0.560. The summed E-state index contributed by atoms with van der Waals surface area (Å²) < 4.78 is 10.6. The fourth-order valence-electron chi connectivity index (χ4n) is 1.78. The molecular weight excluding hydrogens is 292 g/mol. The van der Waals surface area contributed by atoms with E-state index in [2.05, 4.69) is 6.58 Å². The zero-order valence-corrected chi connectivity index (χ0v) is 13.8. The van der Waals surface area contributed by atoms with Crippen molar-refractivity contribution in [1.29, 1.82) is 0 Å². The molecule has 120 valence electrons. The predicted molar refractivity (Wildman–Crippen MR) is 89.5 cm³/mol. The Hall–Kier alpha value is -2.62. The topological polar surface area (TPSA) is 52.6 Å². The molecule has 0 saturated carbocycles. The van der Waals surface area contributed by atoms with Gasteiger partial charge in [-0.05, 0) is 62.7 Å². The standard InChI is InChI=1S/C19H20O4/c1-12(2)17(20)22-15-8-6-14-11-16(9-7-13(14)10-15)23-18(21)19(3,4)5/h6-11H,1H2,2-5H3. The van der Waals surface area contributed by atoms with Gasteiger partial charge in [0.15, 0.2) is 0 Å². The van der Waals surface area contributed by atoms with Gasteiger partial charge in [0.2, 0.25) is 0 Å². The molecule has 0 N–H and O–H groups in total. The summed E-state index contributed by atoms with van der Waals surface area (Å²) in [4.78, 5) is 23.5. The van der Waals surface area contributed by atoms with Crippen molar-refractivity contribution in [2.45, 2.75) is 27.7 Å². The first kappa shape index (κ1) is 16.7. The quantitative estimate of drug-likeness (QED) is 0.482. The van der Waals surface area contributed by atoms with E-state index in [1.807, 2.05) is 12.1 Å². The predicted octanol–water partition coefficient (Wildman–Crippen LogP) is 4.27. The van der Waals surface area contributed by atoms with Gasteiger partial charge >= 0.3 is 11.9 Å². The highest BCUT2D eigenvalue weighted by Gasteiger charge is 2.23. The lowest BCUT2D eigenvalue weighted by atomic mass is 9.97. The Morgan fingerprint density at radius 3 is 1.83 bits per heavy atom. The molecule has 4 heteroatoms. The van der Waals surface area contributed by atoms with Gasteiger partial charge in [0, 0.05) is 5.57 Å². The van der Waals surface area contributed by atoms with Crippen LogP contribution in [0.15, 0.2) is 48.6 Å². The van der Waals surface area contributed by atoms with Crippen molar-refractivity contribution in [1.82, 2.24) is 0 Å². The first-order chi connectivity index (χ1) is 10.7. The summed E-state index contributed by atoms with van der Waals surface area (Å²) in [7, 11) is 0. The lowest BCUT2D eigenvalue weighted by Gasteiger charge is -2.16. The second kappa shape index (κ2) is 6.24. The molecule has 2 rings (SSSR count). The van der Waals surface area contributed by atoms with Gasteiger partial charge in [-0.2, -0.15) is 0 Å². The van der Waals surface area contributed by atoms with Gasteiger partial charge < -0.3 is 9.47 Å². The molecule has 0 aliphatic heterocycles. The van der Waals surface area contributed by atoms with E-state index >= 15 is 0 Å². The smallest absolute Gasteiger partial charge is 0.338 e. The van der Waals surface area contributed by atoms with Crippen molar-refractivity contribution in [2.24, 2.45) is 5.41 Å². The molecule has 0 aliphatic rings. The van der Waals surface area contributed by atoms with Gasteiger partial charge in [-0.25, -0.2) is 4.79 Å². The third-order valence-corrected chi connectivity index (χ3v) is 3.17. The minimum absolute atomic E-state index is 0.288. The second-order valence-corrected chi connectivity index (χ2v) is 6.48. The fourth-order valence-corrected chi connectivity index (χ4v) is 1.78. The highest BCUT2D eigenvalue weighted by Crippen LogP contribution is 2.27. The van der Waals surface area contributed by atoms with Crippen molar-refractivity contribution in [3.63, 3.8) is 0 Å². The Morgan fingerprint density at radius 1 is 0.913 bits per heavy atom. The number of hydrogen-bond acceptors (Lipinski definition) is 4. The van der Waals surface area contributed by atoms with Gasteiger partial charge in [-0.15, -0.1) is 0 Å². The van der Waals surface area contributed by atoms with Gasteiger partial charge in [0.25, 0.3) is 0 Å². The zero-order chi connectivity index (χ0) is 17.2. The first-order valence-corrected chi connectivity index (χ1v) is 7.30. The molecular formula is C19H20O4. The Labute approximate surface area is 135 Å². The van der Waals surface area contributed by atoms with E-state index in [-0.39, 0.29) is 5.97 Å². The summed E-state index contributed by atoms with van der Waals surface area (Å²) in [5, 5.41) is 1.77. The average Bonchev–Trinajstić information content (AvgIpc) is 2.46. The van der Waals surface area contributed by atoms with Crippen LogP contribution in [-0.2, 0) is 9.59 Å². The van der Waals surface area contributed by atoms with Gasteiger partial charge in [-0.1, -0.05) is 18.7 Å². The molecule has 0 fully saturated rings. The molecule has 0 heterocycles. The van der Waals surface area contributed by atoms with E-state index in [9.17, 15) is 9.59 Å². The van der Waals surface area contributed by atoms with E-state index in [1.165, 1.54) is 0 Å². The number of esters is 2. The number of hydrogen-bond donors (Lipinski definition) is 0. The van der Waals surface area contributed by atoms with E-state index in [4.69, 9.17) is 9.47 Å². The minimum Gasteiger partial charge on any atom is -0.426 e. The van der Waals surface area contributed by atoms with Crippen LogP contribution in [0.2, 0.25) is 0 Å². The number of carbonyl (C=O) groups is 2. The number of benzene rings is 2. The van der Waals surface area contributed by atoms with Crippen LogP contribution >= 0.6 is 0 Å². The molecule has 4 nitrogen and oxygen atoms in total. The lowest BCUT2D eigenvalue weighted by Crippen LogP contribution is -2.25. The Kier molecular flexibility index (Phi) is 4.55. The van der Waals surface area contributed by atoms with Crippen LogP contribution in [0.5, 0.6) is 11.5 Å². The highest BCUT2D eigenvalue weighted by molar-refractivity contribution is 5.91. The van der Waals surface area contributed by atoms with Crippen LogP contribution in [-0.4, -0.2) is 11.9 Å². The molecule has 0 atom stereocenters. The fraction of sp³-hybridized carbons (Fsp3) is 0.263. The molecule has 0 amide bonds. The maximum Gasteiger partial charge on any atom is 0.338 e. The molecule has 0 bridgehead atoms. The normalized spacial score (nSPS) is 11.1. The zero-order valence-electron chi connectivity index (χ0n) is 13.8. The third-order valence-electron chi connectivity index (χ3n) is 3.17. The number of fused-ring (bicyclic) bond motifs is 1. The number of carbonyl (C=O) groups excluding carboxylic acids is 2. The Balaban J connectivity index is 2.24. The maximum absolute atomic E-state index is 11.9. The SMILES string of the molecule is C=C(C)C(=O)Oc1ccc2cc(OC(=O)C(C)(C)C)ccc2c1. The summed E-state index contributed by atoms with van der Waals surface area (Å²) in [6.07, 6.45) is 0. The van der Waals surface area contributed by atoms with E-state index in [0.717, 1.165) is 10.8 Å². The summed E-state index contributed by atoms with van der Waals surface area (Å²) >= 11 is 0. The van der Waals surface area contributed by atoms with Crippen LogP contribution in [0.3, 0.4) is 0 Å². The van der Waals surface area contributed by atoms with Crippen LogP contribution < -0.4 is 9.47 Å². The molecule has 2 aromatic carbocycles. The van der Waals surface area contributed by atoms with Crippen LogP contribution in [0, 0.1) is 5.41 Å². The van der Waals surface area contributed by atoms with Crippen molar-refractivity contribution in [3.05, 3.63) is 48.6 Å². The number of ether oxygens (including phenoxy) is 2. The Morgan fingerprint density at radius 2 is 1.39 bits per heavy atom. The monoisotopic (exact) mass is 312 g/mol. The average molecular weight is 312 g/mol. The maximum atomic E-state index is 11.9. The van der Waals surface area contributed by atoms with Crippen molar-refractivity contribution >= 4 is 22.7 Å². The molecule has 0 spiro atoms. The van der Waals surface area contributed by atoms with Gasteiger partial charge in [-0.3, -0.25) is 4.79 Å². The molecule has 0 aromatic heterocycles. The highest BCUT2D eigenvalue weighted by atomic mass is 16.5. The summed E-state index contributed by atoms with van der Waals surface area (Å²) in [6, 6.07) is 10.6. The first-order valence-electron chi connectivity index (χ1n) is 7.30. The summed E-state index contributed by atoms with van der Waals surface area (Å²) in [6.45, 7) is 10.6. The second-order valence-electron chi connectivity index (χ2n) is 6.48. The summed E-state index contributed by atoms with van der Waals surface area (Å²) in [5.41, 5.74) is -0.218. The largest absolute Gasteiger partial charge is 0.426 e. The van der Waals surface area contributed by atoms with E-state index in [0.29, 0.717) is 17.1 Å². The third kappa shape index (κ3) is 4.19. The van der Waals surface area contributed by atoms with Crippen LogP contribution in [0.4, 0.5) is 0 Å². The molecule has 23 heavy (non-hydrogen) atoms. The van der Waals surface area contributed by atoms with Crippen LogP contribution in [0.1, 0.15) is 27.7 Å². The summed E-state index contributed by atoms with van der Waals surface area (Å²) in [5.74, 6) is 0.193. The lowest BCUT2D eigenvalue weighted by molar-refractivity contribution is -0.143. The van der Waals surface area contributed by atoms with Crippen molar-refractivity contribution < 1.29 is 19.1 Å². The molecule has 0 unspecified atom stereocenters. The number of rotatable bonds is 3. The molecule has 0 radical (unpaired) electrons. The van der Waals surface area contributed by atoms with E-state index < -0.39 is 11.4 Å². The van der Waals surface area contributed by atoms with Crippen LogP contribution in [0.25, 0.3) is 10.8 Å². The van der Waals surface area contributed by atoms with Gasteiger partial charge in [0.1, 0.15) is 11.5 Å². The van der Waals surface area contributed by atoms with Crippen molar-refractivity contribution in [3.8, 4) is 11.5 Å². The van der Waals surface area contributed by atoms with E-state index in [1.54, 1.807) is 52.0 Å². The molecule has 2 aromatic rings. The Bertz CT molecular complexity index is 782. The van der Waals surface area contributed by atoms with Crippen molar-refractivity contribution in [2.75, 3.05) is 0 Å².